The summed E-state index contributed by atoms with van der Waals surface area (Å²) < 4.78 is 1.91. The Balaban J connectivity index is 0.000000134. The van der Waals surface area contributed by atoms with Crippen LogP contribution in [0, 0.1) is 10.8 Å². The molecule has 0 atom stereocenters. The van der Waals surface area contributed by atoms with E-state index in [1.165, 1.54) is 30.0 Å². The normalized spacial score (nSPS) is 15.4. The zero-order chi connectivity index (χ0) is 80.0. The molecule has 3 fully saturated rings. The average molecular weight is 1540 g/mol. The zero-order valence-corrected chi connectivity index (χ0v) is 64.6. The van der Waals surface area contributed by atoms with Crippen molar-refractivity contribution >= 4 is 75.1 Å². The molecule has 9 heterocycles. The van der Waals surface area contributed by atoms with E-state index in [9.17, 15) is 24.6 Å². The number of nitrogens with two attached hydrogens (primary N) is 3. The SMILES string of the molecule is CC(=O)NCCCn1c(-c2ccnc(N)n2)cc(C(=O)O)c1-c1ccccc1.N=C(CO)C1=C(N2CCNCC2)CC(c2ccnc(/C=C/c3ccccc3)c2)=C1.N=C(N)C1=C(N2CCNCC2)CC=C1c1ccnc(CCc2ccccc2)c1.NC(=O)C1=C(N2CCNCC2)CC(c2ccnc(-c3cnc4ccccc4c3)c2)=C1. The molecule has 0 bridgehead atoms. The third-order valence-corrected chi connectivity index (χ3v) is 20.8. The molecule has 24 nitrogen and oxygen atoms in total. The minimum atomic E-state index is -1.03. The van der Waals surface area contributed by atoms with Crippen molar-refractivity contribution in [2.24, 2.45) is 11.5 Å². The Kier molecular flexibility index (Phi) is 27.0. The van der Waals surface area contributed by atoms with Gasteiger partial charge in [0.2, 0.25) is 17.8 Å². The van der Waals surface area contributed by atoms with Gasteiger partial charge in [-0.2, -0.15) is 0 Å². The highest BCUT2D eigenvalue weighted by molar-refractivity contribution is 6.12. The second-order valence-electron chi connectivity index (χ2n) is 28.5. The van der Waals surface area contributed by atoms with Crippen molar-refractivity contribution < 1.29 is 24.6 Å². The molecule has 3 aliphatic heterocycles. The molecule has 0 radical (unpaired) electrons. The van der Waals surface area contributed by atoms with Crippen LogP contribution in [0.3, 0.4) is 0 Å². The monoisotopic (exact) mass is 1540 g/mol. The van der Waals surface area contributed by atoms with Gasteiger partial charge in [0, 0.05) is 194 Å². The maximum Gasteiger partial charge on any atom is 0.337 e. The first kappa shape index (κ1) is 79.9. The van der Waals surface area contributed by atoms with E-state index in [1.54, 1.807) is 12.1 Å². The lowest BCUT2D eigenvalue weighted by Crippen LogP contribution is -2.43. The van der Waals surface area contributed by atoms with Gasteiger partial charge in [-0.15, -0.1) is 0 Å². The summed E-state index contributed by atoms with van der Waals surface area (Å²) >= 11 is 0. The van der Waals surface area contributed by atoms with Crippen molar-refractivity contribution in [1.82, 2.24) is 70.4 Å². The number of carboxylic acid groups (broad SMARTS) is 1. The molecule has 3 aliphatic carbocycles. The fourth-order valence-corrected chi connectivity index (χ4v) is 15.1. The number of aliphatic hydroxyl groups excluding tert-OH is 1. The van der Waals surface area contributed by atoms with E-state index < -0.39 is 5.97 Å². The molecule has 0 unspecified atom stereocenters. The van der Waals surface area contributed by atoms with Crippen LogP contribution in [0.1, 0.15) is 82.2 Å². The quantitative estimate of drug-likeness (QED) is 0.0161. The number of aromatic nitrogens is 7. The highest BCUT2D eigenvalue weighted by Crippen LogP contribution is 2.40. The van der Waals surface area contributed by atoms with E-state index in [1.807, 2.05) is 133 Å². The Hall–Kier alpha value is -13.1. The molecule has 0 spiro atoms. The average Bonchev–Trinajstić information content (AvgIpc) is 1.63. The van der Waals surface area contributed by atoms with Gasteiger partial charge in [-0.05, 0) is 148 Å². The van der Waals surface area contributed by atoms with Crippen LogP contribution in [0.15, 0.2) is 253 Å². The van der Waals surface area contributed by atoms with Crippen molar-refractivity contribution in [2.75, 3.05) is 97.4 Å². The lowest BCUT2D eigenvalue weighted by molar-refractivity contribution is -0.119. The van der Waals surface area contributed by atoms with Crippen molar-refractivity contribution in [2.45, 2.75) is 52.0 Å². The van der Waals surface area contributed by atoms with Crippen LogP contribution in [0.5, 0.6) is 0 Å². The van der Waals surface area contributed by atoms with E-state index in [-0.39, 0.29) is 41.5 Å². The second-order valence-corrected chi connectivity index (χ2v) is 28.5. The number of rotatable bonds is 23. The molecular formula is C91H97N19O5. The number of anilines is 1. The molecule has 115 heavy (non-hydrogen) atoms. The number of piperazine rings is 3. The highest BCUT2D eigenvalue weighted by atomic mass is 16.4. The van der Waals surface area contributed by atoms with Crippen molar-refractivity contribution in [3.63, 3.8) is 0 Å². The smallest absolute Gasteiger partial charge is 0.337 e. The van der Waals surface area contributed by atoms with Crippen LogP contribution >= 0.6 is 0 Å². The van der Waals surface area contributed by atoms with Crippen LogP contribution in [0.4, 0.5) is 5.95 Å². The van der Waals surface area contributed by atoms with Gasteiger partial charge in [-0.25, -0.2) is 14.8 Å². The predicted octanol–water partition coefficient (Wildman–Crippen LogP) is 11.1. The molecule has 2 amide bonds. The Bertz CT molecular complexity index is 5400. The first-order valence-electron chi connectivity index (χ1n) is 39.0. The summed E-state index contributed by atoms with van der Waals surface area (Å²) in [4.78, 5) is 68.5. The molecule has 6 aliphatic rings. The van der Waals surface area contributed by atoms with Gasteiger partial charge in [0.1, 0.15) is 5.84 Å². The lowest BCUT2D eigenvalue weighted by atomic mass is 9.98. The number of para-hydroxylation sites is 1. The molecule has 10 aromatic rings. The standard InChI is InChI=1S/C24H23N5O.C24H26N4O.C23H27N5.C20H21N5O3/c25-24(30)20-12-18(14-23(20)29-9-7-26-8-10-29)16-5-6-27-22(13-16)19-11-17-3-1-2-4-21(17)28-15-19;25-23(17-29)22-15-20(16-24(22)28-12-10-26-11-13-28)19-8-9-27-21(14-19)7-6-18-4-2-1-3-5-18;24-23(25)22-20(8-9-21(22)28-14-12-26-13-15-28)18-10-11-27-19(16-18)7-6-17-4-2-1-3-5-17;1-13(26)22-9-5-11-25-17(16-8-10-23-20(21)24-16)12-15(19(27)28)18(25)14-6-3-2-4-7-14/h1-6,11-13,15,26H,7-10,14H2,(H2,25,30);1-9,14-15,25-26,29H,10-13,16-17H2;1-5,8,10-11,16,26H,6-7,9,12-15H2,(H3,24,25);2-4,6-8,10,12H,5,9,11H2,1H3,(H,22,26)(H,27,28)(H2,21,23,24)/b;7-6+,25-23?;;. The lowest BCUT2D eigenvalue weighted by Gasteiger charge is -2.31. The van der Waals surface area contributed by atoms with E-state index in [0.29, 0.717) is 48.6 Å². The van der Waals surface area contributed by atoms with Gasteiger partial charge in [-0.3, -0.25) is 34.9 Å². The summed E-state index contributed by atoms with van der Waals surface area (Å²) in [6.07, 6.45) is 24.0. The number of carbonyl (C=O) groups is 3. The number of carbonyl (C=O) groups excluding carboxylic acids is 2. The van der Waals surface area contributed by atoms with Gasteiger partial charge in [0.15, 0.2) is 0 Å². The van der Waals surface area contributed by atoms with Crippen LogP contribution in [0.25, 0.3) is 73.7 Å². The fourth-order valence-electron chi connectivity index (χ4n) is 15.1. The van der Waals surface area contributed by atoms with Gasteiger partial charge in [-0.1, -0.05) is 121 Å². The van der Waals surface area contributed by atoms with E-state index in [2.05, 4.69) is 151 Å². The van der Waals surface area contributed by atoms with Crippen LogP contribution in [-0.4, -0.2) is 180 Å². The van der Waals surface area contributed by atoms with Crippen molar-refractivity contribution in [3.8, 4) is 33.9 Å². The number of amides is 2. The number of nitrogens with zero attached hydrogens (tertiary/aromatic N) is 10. The number of hydrogen-bond donors (Lipinski definition) is 11. The van der Waals surface area contributed by atoms with Crippen LogP contribution in [-0.2, 0) is 29.0 Å². The first-order valence-corrected chi connectivity index (χ1v) is 39.0. The largest absolute Gasteiger partial charge is 0.478 e. The van der Waals surface area contributed by atoms with Gasteiger partial charge >= 0.3 is 5.97 Å². The third kappa shape index (κ3) is 20.6. The Morgan fingerprint density at radius 1 is 0.583 bits per heavy atom. The number of primary amides is 1. The number of carboxylic acids is 1. The number of aromatic carboxylic acids is 1. The molecule has 0 saturated carbocycles. The molecule has 586 valence electrons. The molecule has 24 heteroatoms. The van der Waals surface area contributed by atoms with E-state index >= 15 is 0 Å². The van der Waals surface area contributed by atoms with E-state index in [4.69, 9.17) is 28.0 Å². The number of nitrogen functional groups attached to an aromatic ring is 1. The van der Waals surface area contributed by atoms with Crippen molar-refractivity contribution in [3.05, 3.63) is 298 Å². The Morgan fingerprint density at radius 3 is 1.82 bits per heavy atom. The summed E-state index contributed by atoms with van der Waals surface area (Å²) in [5.41, 5.74) is 40.0. The maximum absolute atomic E-state index is 12.1. The van der Waals surface area contributed by atoms with E-state index in [0.717, 1.165) is 199 Å². The summed E-state index contributed by atoms with van der Waals surface area (Å²) in [5, 5.41) is 49.7. The molecule has 16 rings (SSSR count). The third-order valence-electron chi connectivity index (χ3n) is 20.8. The number of hydrogen-bond acceptors (Lipinski definition) is 19. The molecule has 3 saturated heterocycles. The maximum atomic E-state index is 12.1. The molecular weight excluding hydrogens is 1440 g/mol. The summed E-state index contributed by atoms with van der Waals surface area (Å²) in [5.74, 6) is -1.23. The number of fused-ring (bicyclic) bond motifs is 1. The number of allylic oxidation sites excluding steroid dienone is 4. The summed E-state index contributed by atoms with van der Waals surface area (Å²) in [7, 11) is 0. The molecule has 14 N–H and O–H groups in total. The minimum absolute atomic E-state index is 0.106. The van der Waals surface area contributed by atoms with Crippen molar-refractivity contribution in [1.29, 1.82) is 10.8 Å². The van der Waals surface area contributed by atoms with Gasteiger partial charge < -0.3 is 73.4 Å². The predicted molar refractivity (Wildman–Crippen MR) is 456 cm³/mol. The number of pyridine rings is 4. The fraction of sp³-hybridized carbons (Fsp3) is 0.242. The highest BCUT2D eigenvalue weighted by Gasteiger charge is 2.30. The first-order chi connectivity index (χ1) is 56.1. The second kappa shape index (κ2) is 38.9. The number of aliphatic hydroxyl groups is 1. The zero-order valence-electron chi connectivity index (χ0n) is 64.6. The van der Waals surface area contributed by atoms with Crippen LogP contribution < -0.4 is 38.5 Å². The topological polar surface area (TPSA) is 358 Å². The number of amidine groups is 1. The summed E-state index contributed by atoms with van der Waals surface area (Å²) in [6.45, 7) is 13.4. The number of aryl methyl sites for hydroxylation is 2. The number of nitrogens with one attached hydrogen (secondary N) is 6. The Labute approximate surface area is 669 Å². The molecule has 4 aromatic carbocycles. The number of benzene rings is 4. The van der Waals surface area contributed by atoms with Gasteiger partial charge in [0.25, 0.3) is 0 Å². The summed E-state index contributed by atoms with van der Waals surface area (Å²) in [6, 6.07) is 55.8. The Morgan fingerprint density at radius 2 is 1.17 bits per heavy atom. The minimum Gasteiger partial charge on any atom is -0.478 e. The molecule has 6 aromatic heterocycles. The van der Waals surface area contributed by atoms with Gasteiger partial charge in [0.05, 0.1) is 57.4 Å². The van der Waals surface area contributed by atoms with Crippen LogP contribution in [0.2, 0.25) is 0 Å².